The molecule has 6 heteroatoms. The lowest BCUT2D eigenvalue weighted by atomic mass is 10.1. The average Bonchev–Trinajstić information content (AvgIpc) is 2.52. The van der Waals surface area contributed by atoms with Gasteiger partial charge in [0.1, 0.15) is 11.4 Å². The molecule has 2 amide bonds. The molecule has 6 nitrogen and oxygen atoms in total. The molecule has 2 rings (SSSR count). The summed E-state index contributed by atoms with van der Waals surface area (Å²) in [6.45, 7) is 5.80. The van der Waals surface area contributed by atoms with E-state index in [9.17, 15) is 14.7 Å². The first kappa shape index (κ1) is 17.5. The summed E-state index contributed by atoms with van der Waals surface area (Å²) in [6.07, 6.45) is 1.42. The molecule has 0 aliphatic carbocycles. The molecule has 0 atom stereocenters. The van der Waals surface area contributed by atoms with Crippen LogP contribution in [-0.2, 0) is 6.54 Å². The first-order valence-corrected chi connectivity index (χ1v) is 7.60. The van der Waals surface area contributed by atoms with Crippen LogP contribution in [0.15, 0.2) is 42.6 Å². The van der Waals surface area contributed by atoms with Gasteiger partial charge in [-0.2, -0.15) is 0 Å². The molecule has 0 fully saturated rings. The third-order valence-corrected chi connectivity index (χ3v) is 3.17. The molecular formula is C18H21N3O3. The summed E-state index contributed by atoms with van der Waals surface area (Å²) in [5.41, 5.74) is 0.743. The van der Waals surface area contributed by atoms with Crippen LogP contribution < -0.4 is 10.6 Å². The van der Waals surface area contributed by atoms with Gasteiger partial charge in [0, 0.05) is 29.4 Å². The van der Waals surface area contributed by atoms with Crippen LogP contribution in [0.3, 0.4) is 0 Å². The Balaban J connectivity index is 2.06. The molecule has 0 saturated carbocycles. The molecule has 3 N–H and O–H groups in total. The minimum absolute atomic E-state index is 0.123. The van der Waals surface area contributed by atoms with E-state index < -0.39 is 0 Å². The number of amides is 2. The van der Waals surface area contributed by atoms with Gasteiger partial charge in [0.25, 0.3) is 11.8 Å². The second kappa shape index (κ2) is 7.12. The number of para-hydroxylation sites is 1. The van der Waals surface area contributed by atoms with Crippen molar-refractivity contribution in [3.05, 3.63) is 59.4 Å². The number of nitrogens with zero attached hydrogens (tertiary/aromatic N) is 1. The lowest BCUT2D eigenvalue weighted by Crippen LogP contribution is -2.41. The fourth-order valence-corrected chi connectivity index (χ4v) is 2.04. The van der Waals surface area contributed by atoms with Crippen LogP contribution in [-0.4, -0.2) is 27.4 Å². The first-order valence-electron chi connectivity index (χ1n) is 7.60. The number of hydrogen-bond donors (Lipinski definition) is 3. The minimum atomic E-state index is -0.387. The summed E-state index contributed by atoms with van der Waals surface area (Å²) in [5.74, 6) is -0.555. The Morgan fingerprint density at radius 3 is 2.50 bits per heavy atom. The second-order valence-electron chi connectivity index (χ2n) is 6.45. The largest absolute Gasteiger partial charge is 0.508 e. The van der Waals surface area contributed by atoms with Crippen LogP contribution in [0, 0.1) is 0 Å². The normalized spacial score (nSPS) is 11.0. The van der Waals surface area contributed by atoms with E-state index in [1.54, 1.807) is 24.3 Å². The van der Waals surface area contributed by atoms with Crippen molar-refractivity contribution in [2.75, 3.05) is 0 Å². The van der Waals surface area contributed by atoms with Crippen molar-refractivity contribution in [3.8, 4) is 5.75 Å². The second-order valence-corrected chi connectivity index (χ2v) is 6.45. The van der Waals surface area contributed by atoms with Crippen molar-refractivity contribution in [2.45, 2.75) is 32.9 Å². The summed E-state index contributed by atoms with van der Waals surface area (Å²) in [4.78, 5) is 28.4. The Labute approximate surface area is 140 Å². The SMILES string of the molecule is CC(C)(C)NC(=O)c1cc(C(=O)NCc2ccccc2O)ccn1. The van der Waals surface area contributed by atoms with Gasteiger partial charge in [-0.05, 0) is 39.0 Å². The van der Waals surface area contributed by atoms with E-state index in [0.29, 0.717) is 11.1 Å². The molecule has 0 aliphatic heterocycles. The Bertz CT molecular complexity index is 751. The molecule has 0 radical (unpaired) electrons. The summed E-state index contributed by atoms with van der Waals surface area (Å²) in [7, 11) is 0. The van der Waals surface area contributed by atoms with Crippen LogP contribution in [0.2, 0.25) is 0 Å². The molecule has 126 valence electrons. The Morgan fingerprint density at radius 1 is 1.12 bits per heavy atom. The van der Waals surface area contributed by atoms with Gasteiger partial charge < -0.3 is 15.7 Å². The molecule has 0 unspecified atom stereocenters. The average molecular weight is 327 g/mol. The zero-order valence-electron chi connectivity index (χ0n) is 14.0. The summed E-state index contributed by atoms with van der Waals surface area (Å²) in [6, 6.07) is 9.76. The number of hydrogen-bond acceptors (Lipinski definition) is 4. The lowest BCUT2D eigenvalue weighted by Gasteiger charge is -2.20. The van der Waals surface area contributed by atoms with E-state index in [2.05, 4.69) is 15.6 Å². The topological polar surface area (TPSA) is 91.3 Å². The fourth-order valence-electron chi connectivity index (χ4n) is 2.04. The number of aromatic nitrogens is 1. The van der Waals surface area contributed by atoms with Crippen molar-refractivity contribution >= 4 is 11.8 Å². The Kier molecular flexibility index (Phi) is 5.18. The predicted octanol–water partition coefficient (Wildman–Crippen LogP) is 2.25. The van der Waals surface area contributed by atoms with Gasteiger partial charge in [-0.3, -0.25) is 14.6 Å². The van der Waals surface area contributed by atoms with Gasteiger partial charge in [-0.25, -0.2) is 0 Å². The van der Waals surface area contributed by atoms with Crippen molar-refractivity contribution in [1.29, 1.82) is 0 Å². The smallest absolute Gasteiger partial charge is 0.270 e. The maximum absolute atomic E-state index is 12.2. The van der Waals surface area contributed by atoms with Crippen LogP contribution in [0.25, 0.3) is 0 Å². The number of rotatable bonds is 4. The van der Waals surface area contributed by atoms with Crippen LogP contribution >= 0.6 is 0 Å². The van der Waals surface area contributed by atoms with Crippen LogP contribution in [0.4, 0.5) is 0 Å². The van der Waals surface area contributed by atoms with E-state index in [-0.39, 0.29) is 35.3 Å². The number of carbonyl (C=O) groups is 2. The van der Waals surface area contributed by atoms with Crippen molar-refractivity contribution in [3.63, 3.8) is 0 Å². The molecule has 0 spiro atoms. The maximum atomic E-state index is 12.2. The molecule has 1 heterocycles. The summed E-state index contributed by atoms with van der Waals surface area (Å²) < 4.78 is 0. The summed E-state index contributed by atoms with van der Waals surface area (Å²) >= 11 is 0. The number of phenols is 1. The van der Waals surface area contributed by atoms with Gasteiger partial charge in [0.15, 0.2) is 0 Å². The molecule has 0 aliphatic rings. The molecule has 24 heavy (non-hydrogen) atoms. The molecular weight excluding hydrogens is 306 g/mol. The number of phenolic OH excluding ortho intramolecular Hbond substituents is 1. The van der Waals surface area contributed by atoms with Gasteiger partial charge in [-0.1, -0.05) is 18.2 Å². The zero-order valence-corrected chi connectivity index (χ0v) is 14.0. The quantitative estimate of drug-likeness (QED) is 0.803. The van der Waals surface area contributed by atoms with Crippen molar-refractivity contribution in [2.24, 2.45) is 0 Å². The minimum Gasteiger partial charge on any atom is -0.508 e. The third kappa shape index (κ3) is 4.81. The molecule has 1 aromatic carbocycles. The standard InChI is InChI=1S/C18H21N3O3/c1-18(2,3)21-17(24)14-10-12(8-9-19-14)16(23)20-11-13-6-4-5-7-15(13)22/h4-10,22H,11H2,1-3H3,(H,20,23)(H,21,24). The molecule has 1 aromatic heterocycles. The van der Waals surface area contributed by atoms with E-state index in [1.165, 1.54) is 18.3 Å². The highest BCUT2D eigenvalue weighted by Gasteiger charge is 2.17. The van der Waals surface area contributed by atoms with E-state index in [4.69, 9.17) is 0 Å². The third-order valence-electron chi connectivity index (χ3n) is 3.17. The van der Waals surface area contributed by atoms with Gasteiger partial charge in [0.05, 0.1) is 0 Å². The van der Waals surface area contributed by atoms with E-state index in [1.807, 2.05) is 20.8 Å². The van der Waals surface area contributed by atoms with Crippen molar-refractivity contribution in [1.82, 2.24) is 15.6 Å². The van der Waals surface area contributed by atoms with Crippen molar-refractivity contribution < 1.29 is 14.7 Å². The van der Waals surface area contributed by atoms with Gasteiger partial charge in [0.2, 0.25) is 0 Å². The fraction of sp³-hybridized carbons (Fsp3) is 0.278. The predicted molar refractivity (Wildman–Crippen MR) is 90.7 cm³/mol. The van der Waals surface area contributed by atoms with Crippen LogP contribution in [0.5, 0.6) is 5.75 Å². The lowest BCUT2D eigenvalue weighted by molar-refractivity contribution is 0.0914. The van der Waals surface area contributed by atoms with Gasteiger partial charge in [-0.15, -0.1) is 0 Å². The van der Waals surface area contributed by atoms with E-state index >= 15 is 0 Å². The molecule has 0 saturated heterocycles. The number of aromatic hydroxyl groups is 1. The maximum Gasteiger partial charge on any atom is 0.270 e. The highest BCUT2D eigenvalue weighted by Crippen LogP contribution is 2.15. The first-order chi connectivity index (χ1) is 11.3. The number of benzene rings is 1. The van der Waals surface area contributed by atoms with E-state index in [0.717, 1.165) is 0 Å². The molecule has 0 bridgehead atoms. The number of pyridine rings is 1. The monoisotopic (exact) mass is 327 g/mol. The Hall–Kier alpha value is -2.89. The Morgan fingerprint density at radius 2 is 1.83 bits per heavy atom. The zero-order chi connectivity index (χ0) is 17.7. The number of nitrogens with one attached hydrogen (secondary N) is 2. The molecule has 2 aromatic rings. The summed E-state index contributed by atoms with van der Waals surface area (Å²) in [5, 5.41) is 15.2. The highest BCUT2D eigenvalue weighted by atomic mass is 16.3. The number of carbonyl (C=O) groups excluding carboxylic acids is 2. The highest BCUT2D eigenvalue weighted by molar-refractivity contribution is 5.98. The van der Waals surface area contributed by atoms with Crippen LogP contribution in [0.1, 0.15) is 47.2 Å². The van der Waals surface area contributed by atoms with Gasteiger partial charge >= 0.3 is 0 Å².